The summed E-state index contributed by atoms with van der Waals surface area (Å²) in [6.45, 7) is 4.01. The Morgan fingerprint density at radius 3 is 2.60 bits per heavy atom. The van der Waals surface area contributed by atoms with Gasteiger partial charge in [0.1, 0.15) is 6.61 Å². The van der Waals surface area contributed by atoms with E-state index in [2.05, 4.69) is 0 Å². The number of hydrogen-bond acceptors (Lipinski definition) is 7. The zero-order valence-corrected chi connectivity index (χ0v) is 14.1. The topological polar surface area (TPSA) is 91.4 Å². The van der Waals surface area contributed by atoms with Gasteiger partial charge >= 0.3 is 12.1 Å². The minimum absolute atomic E-state index is 0.0369. The maximum Gasteiger partial charge on any atom is 0.417 e. The average molecular weight is 349 g/mol. The van der Waals surface area contributed by atoms with Gasteiger partial charge in [-0.1, -0.05) is 6.92 Å². The van der Waals surface area contributed by atoms with Crippen molar-refractivity contribution in [1.29, 1.82) is 0 Å². The molecule has 2 aliphatic rings. The molecule has 8 heteroatoms. The first kappa shape index (κ1) is 17.1. The third-order valence-corrected chi connectivity index (χ3v) is 4.12. The van der Waals surface area contributed by atoms with Crippen LogP contribution in [0, 0.1) is 0 Å². The number of carbonyl (C=O) groups excluding carboxylic acids is 3. The first-order valence-corrected chi connectivity index (χ1v) is 8.13. The second kappa shape index (κ2) is 7.00. The number of fused-ring (bicyclic) bond motifs is 1. The van der Waals surface area contributed by atoms with Crippen molar-refractivity contribution >= 4 is 18.0 Å². The Balaban J connectivity index is 1.97. The summed E-state index contributed by atoms with van der Waals surface area (Å²) in [4.78, 5) is 37.9. The molecule has 8 nitrogen and oxygen atoms in total. The molecule has 3 rings (SSSR count). The highest BCUT2D eigenvalue weighted by molar-refractivity contribution is 6.05. The summed E-state index contributed by atoms with van der Waals surface area (Å²) in [5.41, 5.74) is 0.622. The van der Waals surface area contributed by atoms with Crippen molar-refractivity contribution in [2.75, 3.05) is 20.0 Å². The van der Waals surface area contributed by atoms with Gasteiger partial charge in [0.15, 0.2) is 11.5 Å². The third-order valence-electron chi connectivity index (χ3n) is 4.12. The summed E-state index contributed by atoms with van der Waals surface area (Å²) in [5, 5.41) is 0. The van der Waals surface area contributed by atoms with E-state index >= 15 is 0 Å². The maximum atomic E-state index is 13.0. The predicted octanol–water partition coefficient (Wildman–Crippen LogP) is 1.89. The fourth-order valence-corrected chi connectivity index (χ4v) is 2.84. The van der Waals surface area contributed by atoms with Gasteiger partial charge in [-0.3, -0.25) is 9.59 Å². The molecule has 0 aromatic heterocycles. The van der Waals surface area contributed by atoms with E-state index in [0.717, 1.165) is 4.90 Å². The van der Waals surface area contributed by atoms with Crippen LogP contribution in [0.15, 0.2) is 12.1 Å². The van der Waals surface area contributed by atoms with E-state index < -0.39 is 18.0 Å². The predicted molar refractivity (Wildman–Crippen MR) is 84.5 cm³/mol. The monoisotopic (exact) mass is 349 g/mol. The lowest BCUT2D eigenvalue weighted by Crippen LogP contribution is -2.39. The van der Waals surface area contributed by atoms with Crippen molar-refractivity contribution in [2.45, 2.75) is 32.7 Å². The molecule has 1 saturated heterocycles. The van der Waals surface area contributed by atoms with Gasteiger partial charge in [-0.05, 0) is 31.0 Å². The number of ether oxygens (including phenoxy) is 4. The number of imide groups is 1. The van der Waals surface area contributed by atoms with Crippen LogP contribution in [0.25, 0.3) is 0 Å². The van der Waals surface area contributed by atoms with Crippen molar-refractivity contribution in [3.63, 3.8) is 0 Å². The van der Waals surface area contributed by atoms with E-state index in [0.29, 0.717) is 23.5 Å². The lowest BCUT2D eigenvalue weighted by molar-refractivity contribution is -0.142. The van der Waals surface area contributed by atoms with Crippen LogP contribution >= 0.6 is 0 Å². The van der Waals surface area contributed by atoms with Gasteiger partial charge < -0.3 is 18.9 Å². The van der Waals surface area contributed by atoms with Crippen LogP contribution in [-0.4, -0.2) is 48.9 Å². The molecule has 2 aliphatic heterocycles. The number of hydrogen-bond donors (Lipinski definition) is 0. The van der Waals surface area contributed by atoms with Crippen LogP contribution < -0.4 is 9.47 Å². The van der Waals surface area contributed by atoms with Crippen LogP contribution in [0.2, 0.25) is 0 Å². The molecule has 0 spiro atoms. The standard InChI is InChI=1S/C17H19NO7/c1-3-11-8-23-17(21)18(11)16(20)12-7-14-13(24-9-25-14)5-10(12)6-15(19)22-4-2/h5,7,11H,3-4,6,8-9H2,1-2H3/t11-/m1/s1. The van der Waals surface area contributed by atoms with E-state index in [1.165, 1.54) is 6.07 Å². The minimum Gasteiger partial charge on any atom is -0.466 e. The van der Waals surface area contributed by atoms with Gasteiger partial charge in [-0.25, -0.2) is 9.69 Å². The molecule has 134 valence electrons. The summed E-state index contributed by atoms with van der Waals surface area (Å²) in [5.74, 6) is -0.137. The van der Waals surface area contributed by atoms with Gasteiger partial charge in [0, 0.05) is 5.56 Å². The number of rotatable bonds is 5. The van der Waals surface area contributed by atoms with Gasteiger partial charge in [0.05, 0.1) is 19.1 Å². The summed E-state index contributed by atoms with van der Waals surface area (Å²) in [6, 6.07) is 2.74. The van der Waals surface area contributed by atoms with Gasteiger partial charge in [-0.15, -0.1) is 0 Å². The van der Waals surface area contributed by atoms with Gasteiger partial charge in [0.25, 0.3) is 5.91 Å². The maximum absolute atomic E-state index is 13.0. The zero-order chi connectivity index (χ0) is 18.0. The fourth-order valence-electron chi connectivity index (χ4n) is 2.84. The summed E-state index contributed by atoms with van der Waals surface area (Å²) >= 11 is 0. The minimum atomic E-state index is -0.684. The number of carbonyl (C=O) groups is 3. The second-order valence-corrected chi connectivity index (χ2v) is 5.66. The van der Waals surface area contributed by atoms with Crippen molar-refractivity contribution in [3.05, 3.63) is 23.3 Å². The normalized spacial score (nSPS) is 18.2. The Morgan fingerprint density at radius 2 is 1.92 bits per heavy atom. The Bertz CT molecular complexity index is 715. The van der Waals surface area contributed by atoms with E-state index in [-0.39, 0.29) is 38.0 Å². The molecular formula is C17H19NO7. The molecule has 0 unspecified atom stereocenters. The molecule has 2 heterocycles. The van der Waals surface area contributed by atoms with E-state index in [4.69, 9.17) is 18.9 Å². The summed E-state index contributed by atoms with van der Waals surface area (Å²) in [7, 11) is 0. The molecule has 1 aromatic rings. The largest absolute Gasteiger partial charge is 0.466 e. The summed E-state index contributed by atoms with van der Waals surface area (Å²) < 4.78 is 20.6. The van der Waals surface area contributed by atoms with E-state index in [1.807, 2.05) is 6.92 Å². The van der Waals surface area contributed by atoms with Crippen LogP contribution in [-0.2, 0) is 20.7 Å². The van der Waals surface area contributed by atoms with E-state index in [1.54, 1.807) is 13.0 Å². The molecule has 2 amide bonds. The smallest absolute Gasteiger partial charge is 0.417 e. The Kier molecular flexibility index (Phi) is 4.78. The first-order chi connectivity index (χ1) is 12.0. The molecule has 0 saturated carbocycles. The lowest BCUT2D eigenvalue weighted by Gasteiger charge is -2.20. The zero-order valence-electron chi connectivity index (χ0n) is 14.1. The second-order valence-electron chi connectivity index (χ2n) is 5.66. The van der Waals surface area contributed by atoms with Gasteiger partial charge in [0.2, 0.25) is 6.79 Å². The average Bonchev–Trinajstić information content (AvgIpc) is 3.19. The van der Waals surface area contributed by atoms with Crippen LogP contribution in [0.1, 0.15) is 36.2 Å². The highest BCUT2D eigenvalue weighted by Crippen LogP contribution is 2.36. The third kappa shape index (κ3) is 3.24. The van der Waals surface area contributed by atoms with Crippen LogP contribution in [0.5, 0.6) is 11.5 Å². The number of nitrogens with zero attached hydrogens (tertiary/aromatic N) is 1. The van der Waals surface area contributed by atoms with Gasteiger partial charge in [-0.2, -0.15) is 0 Å². The lowest BCUT2D eigenvalue weighted by atomic mass is 10.0. The van der Waals surface area contributed by atoms with Crippen molar-refractivity contribution in [1.82, 2.24) is 4.90 Å². The molecule has 0 aliphatic carbocycles. The highest BCUT2D eigenvalue weighted by atomic mass is 16.7. The molecule has 25 heavy (non-hydrogen) atoms. The Hall–Kier alpha value is -2.77. The molecule has 1 fully saturated rings. The quantitative estimate of drug-likeness (QED) is 0.750. The Morgan fingerprint density at radius 1 is 1.20 bits per heavy atom. The van der Waals surface area contributed by atoms with Crippen LogP contribution in [0.4, 0.5) is 4.79 Å². The van der Waals surface area contributed by atoms with Crippen molar-refractivity contribution < 1.29 is 33.3 Å². The summed E-state index contributed by atoms with van der Waals surface area (Å²) in [6.07, 6.45) is -0.211. The molecule has 0 radical (unpaired) electrons. The highest BCUT2D eigenvalue weighted by Gasteiger charge is 2.38. The molecular weight excluding hydrogens is 330 g/mol. The number of amides is 2. The van der Waals surface area contributed by atoms with E-state index in [9.17, 15) is 14.4 Å². The Labute approximate surface area is 144 Å². The number of benzene rings is 1. The molecule has 0 N–H and O–H groups in total. The SMILES string of the molecule is CCOC(=O)Cc1cc2c(cc1C(=O)N1C(=O)OC[C@H]1CC)OCO2. The van der Waals surface area contributed by atoms with Crippen molar-refractivity contribution in [2.24, 2.45) is 0 Å². The molecule has 0 bridgehead atoms. The number of cyclic esters (lactones) is 1. The fraction of sp³-hybridized carbons (Fsp3) is 0.471. The van der Waals surface area contributed by atoms with Crippen LogP contribution in [0.3, 0.4) is 0 Å². The number of esters is 1. The molecule has 1 aromatic carbocycles. The molecule has 1 atom stereocenters. The van der Waals surface area contributed by atoms with Crippen molar-refractivity contribution in [3.8, 4) is 11.5 Å². The first-order valence-electron chi connectivity index (χ1n) is 8.13.